The largest absolute Gasteiger partial charge is 0.497 e. The summed E-state index contributed by atoms with van der Waals surface area (Å²) in [6, 6.07) is 18.4. The van der Waals surface area contributed by atoms with Gasteiger partial charge in [-0.15, -0.1) is 0 Å². The number of sulfonamides is 1. The third kappa shape index (κ3) is 5.49. The number of nitrogens with two attached hydrogens (primary N) is 1. The van der Waals surface area contributed by atoms with Gasteiger partial charge in [-0.3, -0.25) is 9.52 Å². The molecular weight excluding hydrogens is 558 g/mol. The zero-order valence-corrected chi connectivity index (χ0v) is 23.9. The first-order valence-electron chi connectivity index (χ1n) is 12.8. The smallest absolute Gasteiger partial charge is 0.263 e. The van der Waals surface area contributed by atoms with Gasteiger partial charge in [0.15, 0.2) is 11.6 Å². The molecule has 42 heavy (non-hydrogen) atoms. The molecule has 1 aliphatic rings. The van der Waals surface area contributed by atoms with E-state index < -0.39 is 27.4 Å². The molecule has 1 aliphatic carbocycles. The quantitative estimate of drug-likeness (QED) is 0.247. The third-order valence-electron chi connectivity index (χ3n) is 6.88. The normalized spacial score (nSPS) is 18.0. The Bertz CT molecular complexity index is 1800. The van der Waals surface area contributed by atoms with Crippen molar-refractivity contribution in [2.45, 2.75) is 10.5 Å². The van der Waals surface area contributed by atoms with Crippen LogP contribution in [-0.2, 0) is 25.2 Å². The van der Waals surface area contributed by atoms with E-state index in [-0.39, 0.29) is 16.5 Å². The van der Waals surface area contributed by atoms with Gasteiger partial charge in [-0.05, 0) is 35.9 Å². The zero-order valence-electron chi connectivity index (χ0n) is 23.1. The number of para-hydroxylation sites is 2. The molecule has 1 amide bonds. The van der Waals surface area contributed by atoms with Crippen LogP contribution in [0.2, 0.25) is 0 Å². The molecule has 0 bridgehead atoms. The number of ether oxygens (including phenoxy) is 3. The van der Waals surface area contributed by atoms with Gasteiger partial charge in [-0.2, -0.15) is 0 Å². The lowest BCUT2D eigenvalue weighted by molar-refractivity contribution is -0.128. The molecule has 2 atom stereocenters. The molecule has 0 saturated heterocycles. The minimum absolute atomic E-state index is 0.0298. The number of allylic oxidation sites excluding steroid dienone is 2. The van der Waals surface area contributed by atoms with E-state index in [2.05, 4.69) is 20.0 Å². The Morgan fingerprint density at radius 1 is 0.881 bits per heavy atom. The van der Waals surface area contributed by atoms with Crippen LogP contribution in [0.1, 0.15) is 5.56 Å². The SMILES string of the molecule is COc1cc(Nc2nc3ccccc3nc2NS(=O)(=O)c2cccc(C3(OC)C=CC=CC3C(N)=O)c2)cc(OC)c1. The molecule has 0 fully saturated rings. The number of primary amides is 1. The molecule has 3 aromatic carbocycles. The van der Waals surface area contributed by atoms with Crippen molar-refractivity contribution in [3.05, 3.63) is 96.6 Å². The Hall–Kier alpha value is -4.94. The maximum Gasteiger partial charge on any atom is 0.263 e. The maximum absolute atomic E-state index is 13.8. The maximum atomic E-state index is 13.8. The standard InChI is InChI=1S/C30H29N5O6S/c1-39-21-16-20(17-22(18-21)40-2)32-28-29(34-26-13-5-4-12-25(26)33-28)35-42(37,38)23-10-8-9-19(15-23)30(41-3)14-7-6-11-24(30)27(31)36/h4-18,24H,1-3H3,(H2,31,36)(H,32,33)(H,34,35). The number of methoxy groups -OCH3 is 3. The molecule has 2 unspecified atom stereocenters. The number of nitrogens with one attached hydrogen (secondary N) is 2. The average molecular weight is 588 g/mol. The van der Waals surface area contributed by atoms with Crippen molar-refractivity contribution in [3.8, 4) is 11.5 Å². The number of nitrogens with zero attached hydrogens (tertiary/aromatic N) is 2. The highest BCUT2D eigenvalue weighted by molar-refractivity contribution is 7.92. The van der Waals surface area contributed by atoms with Gasteiger partial charge in [0.2, 0.25) is 5.91 Å². The number of carbonyl (C=O) groups excluding carboxylic acids is 1. The van der Waals surface area contributed by atoms with E-state index in [1.54, 1.807) is 72.8 Å². The van der Waals surface area contributed by atoms with Crippen LogP contribution in [0.4, 0.5) is 17.3 Å². The first kappa shape index (κ1) is 28.6. The average Bonchev–Trinajstić information content (AvgIpc) is 3.00. The summed E-state index contributed by atoms with van der Waals surface area (Å²) in [6.07, 6.45) is 6.72. The van der Waals surface area contributed by atoms with Crippen LogP contribution in [0, 0.1) is 5.92 Å². The van der Waals surface area contributed by atoms with Gasteiger partial charge in [-0.25, -0.2) is 18.4 Å². The minimum atomic E-state index is -4.21. The third-order valence-corrected chi connectivity index (χ3v) is 8.21. The molecule has 4 aromatic rings. The van der Waals surface area contributed by atoms with Crippen molar-refractivity contribution in [1.82, 2.24) is 9.97 Å². The van der Waals surface area contributed by atoms with E-state index in [9.17, 15) is 13.2 Å². The van der Waals surface area contributed by atoms with E-state index in [0.717, 1.165) is 0 Å². The van der Waals surface area contributed by atoms with Crippen LogP contribution in [0.25, 0.3) is 11.0 Å². The summed E-state index contributed by atoms with van der Waals surface area (Å²) >= 11 is 0. The van der Waals surface area contributed by atoms with Crippen molar-refractivity contribution >= 4 is 44.3 Å². The van der Waals surface area contributed by atoms with Crippen molar-refractivity contribution in [2.75, 3.05) is 31.4 Å². The second-order valence-corrected chi connectivity index (χ2v) is 11.1. The first-order valence-corrected chi connectivity index (χ1v) is 14.3. The summed E-state index contributed by atoms with van der Waals surface area (Å²) in [4.78, 5) is 21.4. The molecule has 1 aromatic heterocycles. The second-order valence-electron chi connectivity index (χ2n) is 9.39. The molecule has 216 valence electrons. The lowest BCUT2D eigenvalue weighted by Gasteiger charge is -2.36. The van der Waals surface area contributed by atoms with E-state index in [1.807, 2.05) is 6.07 Å². The van der Waals surface area contributed by atoms with Crippen molar-refractivity contribution in [1.29, 1.82) is 0 Å². The van der Waals surface area contributed by atoms with Crippen LogP contribution in [0.3, 0.4) is 0 Å². The predicted molar refractivity (Wildman–Crippen MR) is 159 cm³/mol. The fraction of sp³-hybridized carbons (Fsp3) is 0.167. The summed E-state index contributed by atoms with van der Waals surface area (Å²) < 4.78 is 46.6. The topological polar surface area (TPSA) is 155 Å². The highest BCUT2D eigenvalue weighted by Crippen LogP contribution is 2.39. The number of anilines is 3. The number of carbonyl (C=O) groups is 1. The lowest BCUT2D eigenvalue weighted by atomic mass is 9.78. The van der Waals surface area contributed by atoms with Crippen molar-refractivity contribution in [3.63, 3.8) is 0 Å². The molecule has 0 spiro atoms. The van der Waals surface area contributed by atoms with Gasteiger partial charge < -0.3 is 25.3 Å². The molecule has 0 aliphatic heterocycles. The van der Waals surface area contributed by atoms with Crippen LogP contribution < -0.4 is 25.2 Å². The Balaban J connectivity index is 1.56. The Kier molecular flexibility index (Phi) is 7.83. The Morgan fingerprint density at radius 2 is 1.55 bits per heavy atom. The Labute approximate surface area is 243 Å². The summed E-state index contributed by atoms with van der Waals surface area (Å²) in [6.45, 7) is 0. The molecular formula is C30H29N5O6S. The summed E-state index contributed by atoms with van der Waals surface area (Å²) in [5, 5.41) is 3.14. The lowest BCUT2D eigenvalue weighted by Crippen LogP contribution is -2.43. The molecule has 12 heteroatoms. The van der Waals surface area contributed by atoms with Gasteiger partial charge in [0.25, 0.3) is 10.0 Å². The highest BCUT2D eigenvalue weighted by Gasteiger charge is 2.42. The minimum Gasteiger partial charge on any atom is -0.497 e. The number of benzene rings is 3. The second kappa shape index (κ2) is 11.5. The van der Waals surface area contributed by atoms with E-state index >= 15 is 0 Å². The van der Waals surface area contributed by atoms with Crippen LogP contribution in [-0.4, -0.2) is 45.6 Å². The molecule has 5 rings (SSSR count). The molecule has 4 N–H and O–H groups in total. The highest BCUT2D eigenvalue weighted by atomic mass is 32.2. The molecule has 0 radical (unpaired) electrons. The molecule has 1 heterocycles. The number of aromatic nitrogens is 2. The van der Waals surface area contributed by atoms with Crippen LogP contribution in [0.5, 0.6) is 11.5 Å². The van der Waals surface area contributed by atoms with Crippen LogP contribution in [0.15, 0.2) is 95.9 Å². The van der Waals surface area contributed by atoms with Gasteiger partial charge in [-0.1, -0.05) is 42.5 Å². The number of hydrogen-bond acceptors (Lipinski definition) is 9. The zero-order chi connectivity index (χ0) is 29.9. The summed E-state index contributed by atoms with van der Waals surface area (Å²) in [5.41, 5.74) is 6.40. The molecule has 0 saturated carbocycles. The first-order chi connectivity index (χ1) is 20.2. The predicted octanol–water partition coefficient (Wildman–Crippen LogP) is 4.26. The fourth-order valence-corrected chi connectivity index (χ4v) is 5.84. The number of amides is 1. The fourth-order valence-electron chi connectivity index (χ4n) is 4.78. The summed E-state index contributed by atoms with van der Waals surface area (Å²) in [7, 11) is 0.285. The van der Waals surface area contributed by atoms with E-state index in [1.165, 1.54) is 33.5 Å². The van der Waals surface area contributed by atoms with Gasteiger partial charge >= 0.3 is 0 Å². The van der Waals surface area contributed by atoms with Crippen molar-refractivity contribution < 1.29 is 27.4 Å². The number of fused-ring (bicyclic) bond motifs is 1. The van der Waals surface area contributed by atoms with E-state index in [4.69, 9.17) is 19.9 Å². The van der Waals surface area contributed by atoms with Gasteiger partial charge in [0.05, 0.1) is 36.1 Å². The van der Waals surface area contributed by atoms with E-state index in [0.29, 0.717) is 33.8 Å². The van der Waals surface area contributed by atoms with Crippen LogP contribution >= 0.6 is 0 Å². The van der Waals surface area contributed by atoms with Crippen molar-refractivity contribution in [2.24, 2.45) is 11.7 Å². The number of rotatable bonds is 10. The van der Waals surface area contributed by atoms with Gasteiger partial charge in [0, 0.05) is 31.0 Å². The van der Waals surface area contributed by atoms with Gasteiger partial charge in [0.1, 0.15) is 17.1 Å². The monoisotopic (exact) mass is 587 g/mol. The number of hydrogen-bond donors (Lipinski definition) is 3. The summed E-state index contributed by atoms with van der Waals surface area (Å²) in [5.74, 6) is -0.278. The molecule has 11 nitrogen and oxygen atoms in total. The Morgan fingerprint density at radius 3 is 2.17 bits per heavy atom.